The predicted molar refractivity (Wildman–Crippen MR) is 133 cm³/mol. The molecule has 0 unspecified atom stereocenters. The maximum absolute atomic E-state index is 13.3. The molecule has 0 bridgehead atoms. The van der Waals surface area contributed by atoms with Gasteiger partial charge in [-0.2, -0.15) is 0 Å². The fraction of sp³-hybridized carbons (Fsp3) is 0.179. The van der Waals surface area contributed by atoms with Crippen molar-refractivity contribution in [3.8, 4) is 0 Å². The van der Waals surface area contributed by atoms with Crippen LogP contribution in [0.25, 0.3) is 21.8 Å². The standard InChI is InChI=1S/C28H26N2O3/c1-6-30-25-13-11-20(27(17(2)3)29-33-19(5)31)15-23(25)24-16-21(12-14-26(24)30)28(32)22-10-8-7-9-18(22)4/h7-16H,2,6H2,1,3-5H3. The molecule has 0 aliphatic rings. The second kappa shape index (κ2) is 8.87. The van der Waals surface area contributed by atoms with Crippen molar-refractivity contribution in [2.45, 2.75) is 34.2 Å². The van der Waals surface area contributed by atoms with E-state index >= 15 is 0 Å². The molecule has 3 aromatic carbocycles. The largest absolute Gasteiger partial charge is 0.341 e. The van der Waals surface area contributed by atoms with Crippen LogP contribution in [-0.2, 0) is 16.2 Å². The lowest BCUT2D eigenvalue weighted by Crippen LogP contribution is -2.05. The van der Waals surface area contributed by atoms with Gasteiger partial charge in [-0.15, -0.1) is 0 Å². The summed E-state index contributed by atoms with van der Waals surface area (Å²) in [6, 6.07) is 19.5. The first-order valence-corrected chi connectivity index (χ1v) is 10.9. The van der Waals surface area contributed by atoms with Crippen molar-refractivity contribution in [1.82, 2.24) is 4.57 Å². The normalized spacial score (nSPS) is 11.7. The number of carbonyl (C=O) groups is 2. The van der Waals surface area contributed by atoms with Crippen molar-refractivity contribution in [1.29, 1.82) is 0 Å². The van der Waals surface area contributed by atoms with Gasteiger partial charge in [-0.25, -0.2) is 4.79 Å². The van der Waals surface area contributed by atoms with E-state index in [-0.39, 0.29) is 5.78 Å². The lowest BCUT2D eigenvalue weighted by molar-refractivity contribution is -0.140. The summed E-state index contributed by atoms with van der Waals surface area (Å²) >= 11 is 0. The van der Waals surface area contributed by atoms with Gasteiger partial charge in [-0.1, -0.05) is 42.1 Å². The molecule has 0 atom stereocenters. The summed E-state index contributed by atoms with van der Waals surface area (Å²) in [4.78, 5) is 29.4. The van der Waals surface area contributed by atoms with Gasteiger partial charge in [-0.05, 0) is 62.2 Å². The summed E-state index contributed by atoms with van der Waals surface area (Å²) in [5, 5.41) is 6.00. The number of hydrogen-bond acceptors (Lipinski definition) is 4. The number of benzene rings is 3. The third-order valence-corrected chi connectivity index (χ3v) is 5.78. The molecule has 5 nitrogen and oxygen atoms in total. The molecule has 0 fully saturated rings. The summed E-state index contributed by atoms with van der Waals surface area (Å²) in [6.45, 7) is 11.9. The lowest BCUT2D eigenvalue weighted by Gasteiger charge is -2.07. The smallest absolute Gasteiger partial charge is 0.332 e. The van der Waals surface area contributed by atoms with Crippen LogP contribution in [0.15, 0.2) is 78.0 Å². The van der Waals surface area contributed by atoms with Crippen molar-refractivity contribution in [2.75, 3.05) is 0 Å². The molecule has 1 aromatic heterocycles. The highest BCUT2D eigenvalue weighted by atomic mass is 16.7. The molecule has 0 saturated heterocycles. The van der Waals surface area contributed by atoms with Crippen LogP contribution in [0.5, 0.6) is 0 Å². The average Bonchev–Trinajstić information content (AvgIpc) is 3.11. The molecule has 1 heterocycles. The molecule has 4 aromatic rings. The highest BCUT2D eigenvalue weighted by Crippen LogP contribution is 2.32. The molecule has 4 rings (SSSR count). The van der Waals surface area contributed by atoms with Crippen molar-refractivity contribution in [2.24, 2.45) is 5.16 Å². The number of allylic oxidation sites excluding steroid dienone is 1. The second-order valence-corrected chi connectivity index (χ2v) is 8.16. The van der Waals surface area contributed by atoms with Gasteiger partial charge >= 0.3 is 5.97 Å². The quantitative estimate of drug-likeness (QED) is 0.156. The Labute approximate surface area is 193 Å². The van der Waals surface area contributed by atoms with Crippen LogP contribution < -0.4 is 0 Å². The Hall–Kier alpha value is -3.99. The minimum Gasteiger partial charge on any atom is -0.341 e. The number of rotatable bonds is 6. The minimum atomic E-state index is -0.489. The topological polar surface area (TPSA) is 60.7 Å². The fourth-order valence-corrected chi connectivity index (χ4v) is 4.20. The number of oxime groups is 1. The van der Waals surface area contributed by atoms with Crippen LogP contribution in [-0.4, -0.2) is 22.0 Å². The van der Waals surface area contributed by atoms with Gasteiger partial charge in [0.2, 0.25) is 0 Å². The third-order valence-electron chi connectivity index (χ3n) is 5.78. The Bertz CT molecular complexity index is 1460. The Morgan fingerprint density at radius 2 is 1.55 bits per heavy atom. The highest BCUT2D eigenvalue weighted by Gasteiger charge is 2.17. The number of aryl methyl sites for hydroxylation is 2. The van der Waals surface area contributed by atoms with E-state index in [1.165, 1.54) is 6.92 Å². The van der Waals surface area contributed by atoms with Gasteiger partial charge in [-0.3, -0.25) is 4.79 Å². The molecular formula is C28H26N2O3. The van der Waals surface area contributed by atoms with E-state index in [1.54, 1.807) is 0 Å². The summed E-state index contributed by atoms with van der Waals surface area (Å²) in [5.74, 6) is -0.487. The van der Waals surface area contributed by atoms with E-state index in [9.17, 15) is 9.59 Å². The average molecular weight is 439 g/mol. The third kappa shape index (κ3) is 4.10. The maximum Gasteiger partial charge on any atom is 0.332 e. The van der Waals surface area contributed by atoms with Crippen LogP contribution in [0.2, 0.25) is 0 Å². The zero-order valence-electron chi connectivity index (χ0n) is 19.3. The highest BCUT2D eigenvalue weighted by molar-refractivity contribution is 6.18. The fourth-order valence-electron chi connectivity index (χ4n) is 4.20. The van der Waals surface area contributed by atoms with Crippen molar-refractivity contribution < 1.29 is 14.4 Å². The van der Waals surface area contributed by atoms with Gasteiger partial charge < -0.3 is 9.40 Å². The van der Waals surface area contributed by atoms with Gasteiger partial charge in [0.05, 0.1) is 0 Å². The zero-order chi connectivity index (χ0) is 23.7. The molecule has 0 radical (unpaired) electrons. The number of aromatic nitrogens is 1. The van der Waals surface area contributed by atoms with Gasteiger partial charge in [0, 0.05) is 52.0 Å². The van der Waals surface area contributed by atoms with Crippen molar-refractivity contribution in [3.05, 3.63) is 95.1 Å². The molecule has 0 aliphatic carbocycles. The predicted octanol–water partition coefficient (Wildman–Crippen LogP) is 6.20. The van der Waals surface area contributed by atoms with E-state index in [1.807, 2.05) is 74.5 Å². The number of ketones is 1. The molecule has 0 N–H and O–H groups in total. The van der Waals surface area contributed by atoms with Crippen molar-refractivity contribution in [3.63, 3.8) is 0 Å². The van der Waals surface area contributed by atoms with Crippen LogP contribution in [0.4, 0.5) is 0 Å². The number of fused-ring (bicyclic) bond motifs is 3. The van der Waals surface area contributed by atoms with E-state index < -0.39 is 5.97 Å². The Morgan fingerprint density at radius 3 is 2.12 bits per heavy atom. The van der Waals surface area contributed by atoms with E-state index in [2.05, 4.69) is 23.2 Å². The van der Waals surface area contributed by atoms with Crippen molar-refractivity contribution >= 4 is 39.3 Å². The minimum absolute atomic E-state index is 0.00241. The molecule has 0 amide bonds. The van der Waals surface area contributed by atoms with Crippen LogP contribution >= 0.6 is 0 Å². The van der Waals surface area contributed by atoms with Gasteiger partial charge in [0.25, 0.3) is 0 Å². The van der Waals surface area contributed by atoms with Crippen LogP contribution in [0.3, 0.4) is 0 Å². The van der Waals surface area contributed by atoms with E-state index in [0.717, 1.165) is 39.5 Å². The zero-order valence-corrected chi connectivity index (χ0v) is 19.3. The lowest BCUT2D eigenvalue weighted by atomic mass is 9.97. The molecule has 0 aliphatic heterocycles. The summed E-state index contributed by atoms with van der Waals surface area (Å²) in [7, 11) is 0. The Kier molecular flexibility index (Phi) is 5.97. The van der Waals surface area contributed by atoms with Crippen LogP contribution in [0, 0.1) is 6.92 Å². The Balaban J connectivity index is 1.92. The van der Waals surface area contributed by atoms with E-state index in [0.29, 0.717) is 22.4 Å². The first-order valence-electron chi connectivity index (χ1n) is 10.9. The van der Waals surface area contributed by atoms with Gasteiger partial charge in [0.15, 0.2) is 5.78 Å². The molecule has 33 heavy (non-hydrogen) atoms. The first kappa shape index (κ1) is 22.2. The number of hydrogen-bond donors (Lipinski definition) is 0. The maximum atomic E-state index is 13.3. The SMILES string of the molecule is C=C(C)C(=NOC(C)=O)c1ccc2c(c1)c1cc(C(=O)c3ccccc3C)ccc1n2CC. The number of nitrogens with zero attached hydrogens (tertiary/aromatic N) is 2. The first-order chi connectivity index (χ1) is 15.8. The second-order valence-electron chi connectivity index (χ2n) is 8.16. The molecular weight excluding hydrogens is 412 g/mol. The van der Waals surface area contributed by atoms with Gasteiger partial charge in [0.1, 0.15) is 5.71 Å². The summed E-state index contributed by atoms with van der Waals surface area (Å²) < 4.78 is 2.22. The number of carbonyl (C=O) groups excluding carboxylic acids is 2. The summed E-state index contributed by atoms with van der Waals surface area (Å²) in [6.07, 6.45) is 0. The molecule has 166 valence electrons. The molecule has 5 heteroatoms. The monoisotopic (exact) mass is 438 g/mol. The molecule has 0 spiro atoms. The van der Waals surface area contributed by atoms with Crippen LogP contribution in [0.1, 0.15) is 47.8 Å². The summed E-state index contributed by atoms with van der Waals surface area (Å²) in [5.41, 5.74) is 6.41. The molecule has 0 saturated carbocycles. The Morgan fingerprint density at radius 1 is 0.939 bits per heavy atom. The van der Waals surface area contributed by atoms with E-state index in [4.69, 9.17) is 4.84 Å².